The molecule has 0 unspecified atom stereocenters. The molecule has 0 aliphatic heterocycles. The fourth-order valence-corrected chi connectivity index (χ4v) is 2.63. The molecule has 7 nitrogen and oxygen atoms in total. The van der Waals surface area contributed by atoms with Gasteiger partial charge in [0.25, 0.3) is 0 Å². The first-order valence-corrected chi connectivity index (χ1v) is 8.30. The summed E-state index contributed by atoms with van der Waals surface area (Å²) in [6.07, 6.45) is 3.10. The molecule has 0 radical (unpaired) electrons. The van der Waals surface area contributed by atoms with Gasteiger partial charge in [-0.1, -0.05) is 18.2 Å². The Bertz CT molecular complexity index is 1190. The van der Waals surface area contributed by atoms with Gasteiger partial charge in [0, 0.05) is 11.1 Å². The molecule has 2 aromatic heterocycles. The van der Waals surface area contributed by atoms with Gasteiger partial charge in [0.15, 0.2) is 5.82 Å². The summed E-state index contributed by atoms with van der Waals surface area (Å²) in [5, 5.41) is 14.4. The van der Waals surface area contributed by atoms with Crippen LogP contribution < -0.4 is 5.32 Å². The second-order valence-electron chi connectivity index (χ2n) is 5.85. The summed E-state index contributed by atoms with van der Waals surface area (Å²) in [6.45, 7) is 0. The molecule has 0 amide bonds. The number of benzene rings is 2. The minimum absolute atomic E-state index is 0.298. The molecule has 28 heavy (non-hydrogen) atoms. The zero-order valence-corrected chi connectivity index (χ0v) is 14.4. The largest absolute Gasteiger partial charge is 0.433 e. The minimum atomic E-state index is -0.611. The van der Waals surface area contributed by atoms with E-state index in [1.807, 2.05) is 30.3 Å². The third-order valence-corrected chi connectivity index (χ3v) is 3.90. The Morgan fingerprint density at radius 1 is 1.04 bits per heavy atom. The van der Waals surface area contributed by atoms with Crippen LogP contribution in [0.5, 0.6) is 0 Å². The molecule has 4 aromatic rings. The van der Waals surface area contributed by atoms with Crippen LogP contribution in [-0.2, 0) is 0 Å². The number of hydrogen-bond donors (Lipinski definition) is 1. The lowest BCUT2D eigenvalue weighted by Crippen LogP contribution is -1.99. The van der Waals surface area contributed by atoms with Gasteiger partial charge in [-0.15, -0.1) is 0 Å². The number of rotatable bonds is 5. The molecule has 0 atom stereocenters. The number of anilines is 2. The van der Waals surface area contributed by atoms with Gasteiger partial charge in [-0.3, -0.25) is 10.1 Å². The van der Waals surface area contributed by atoms with E-state index in [1.54, 1.807) is 12.1 Å². The molecule has 138 valence electrons. The van der Waals surface area contributed by atoms with Gasteiger partial charge in [0.1, 0.15) is 22.3 Å². The number of hydrogen-bond acceptors (Lipinski definition) is 6. The highest BCUT2D eigenvalue weighted by atomic mass is 19.1. The molecule has 0 aliphatic rings. The maximum Gasteiger partial charge on any atom is 0.433 e. The third kappa shape index (κ3) is 3.70. The molecule has 0 fully saturated rings. The van der Waals surface area contributed by atoms with E-state index < -0.39 is 10.7 Å². The topological polar surface area (TPSA) is 94.1 Å². The van der Waals surface area contributed by atoms with E-state index in [9.17, 15) is 14.5 Å². The molecule has 2 heterocycles. The average Bonchev–Trinajstić information content (AvgIpc) is 3.17. The third-order valence-electron chi connectivity index (χ3n) is 3.90. The fourth-order valence-electron chi connectivity index (χ4n) is 2.63. The Labute approximate surface area is 158 Å². The molecule has 0 spiro atoms. The quantitative estimate of drug-likeness (QED) is 0.381. The second-order valence-corrected chi connectivity index (χ2v) is 5.85. The highest BCUT2D eigenvalue weighted by molar-refractivity contribution is 5.91. The Hall–Kier alpha value is -4.07. The predicted molar refractivity (Wildman–Crippen MR) is 104 cm³/mol. The maximum absolute atomic E-state index is 13.7. The molecule has 0 saturated carbocycles. The van der Waals surface area contributed by atoms with Crippen LogP contribution in [0.15, 0.2) is 65.1 Å². The number of nitrogens with zero attached hydrogens (tertiary/aromatic N) is 3. The van der Waals surface area contributed by atoms with Crippen LogP contribution in [0.1, 0.15) is 11.6 Å². The summed E-state index contributed by atoms with van der Waals surface area (Å²) < 4.78 is 18.8. The van der Waals surface area contributed by atoms with E-state index in [0.29, 0.717) is 28.3 Å². The molecule has 2 aromatic carbocycles. The van der Waals surface area contributed by atoms with E-state index in [1.165, 1.54) is 30.3 Å². The van der Waals surface area contributed by atoms with Crippen LogP contribution >= 0.6 is 0 Å². The average molecular weight is 376 g/mol. The monoisotopic (exact) mass is 376 g/mol. The van der Waals surface area contributed by atoms with Gasteiger partial charge in [-0.05, 0) is 48.6 Å². The number of para-hydroxylation sites is 1. The summed E-state index contributed by atoms with van der Waals surface area (Å²) in [4.78, 5) is 18.9. The van der Waals surface area contributed by atoms with Crippen LogP contribution in [0.2, 0.25) is 0 Å². The molecule has 0 bridgehead atoms. The maximum atomic E-state index is 13.7. The summed E-state index contributed by atoms with van der Waals surface area (Å²) in [5.41, 5.74) is 1.35. The van der Waals surface area contributed by atoms with Crippen LogP contribution in [0.4, 0.5) is 21.8 Å². The number of nitrogens with one attached hydrogen (secondary N) is 1. The molecular formula is C20H13FN4O3. The van der Waals surface area contributed by atoms with E-state index in [-0.39, 0.29) is 5.88 Å². The van der Waals surface area contributed by atoms with E-state index >= 15 is 0 Å². The summed E-state index contributed by atoms with van der Waals surface area (Å²) >= 11 is 0. The van der Waals surface area contributed by atoms with Gasteiger partial charge >= 0.3 is 5.88 Å². The van der Waals surface area contributed by atoms with Gasteiger partial charge < -0.3 is 9.73 Å². The minimum Gasteiger partial charge on any atom is -0.401 e. The smallest absolute Gasteiger partial charge is 0.401 e. The van der Waals surface area contributed by atoms with Crippen LogP contribution in [0.25, 0.3) is 23.1 Å². The van der Waals surface area contributed by atoms with Crippen molar-refractivity contribution in [1.29, 1.82) is 0 Å². The molecule has 0 saturated heterocycles. The number of furan rings is 1. The van der Waals surface area contributed by atoms with Crippen molar-refractivity contribution < 1.29 is 13.7 Å². The first kappa shape index (κ1) is 17.3. The number of nitro groups is 1. The van der Waals surface area contributed by atoms with Gasteiger partial charge in [-0.25, -0.2) is 14.4 Å². The van der Waals surface area contributed by atoms with Crippen molar-refractivity contribution in [2.75, 3.05) is 5.32 Å². The van der Waals surface area contributed by atoms with Gasteiger partial charge in [0.2, 0.25) is 0 Å². The van der Waals surface area contributed by atoms with E-state index in [0.717, 1.165) is 5.69 Å². The SMILES string of the molecule is O=[N+]([O-])c1ccc(C=Cc2nc(Nc3ccccc3)c3cc(F)ccc3n2)o1. The summed E-state index contributed by atoms with van der Waals surface area (Å²) in [5.74, 6) is 0.351. The van der Waals surface area contributed by atoms with Gasteiger partial charge in [0.05, 0.1) is 11.6 Å². The lowest BCUT2D eigenvalue weighted by Gasteiger charge is -2.10. The van der Waals surface area contributed by atoms with E-state index in [2.05, 4.69) is 15.3 Å². The van der Waals surface area contributed by atoms with Crippen molar-refractivity contribution in [2.24, 2.45) is 0 Å². The van der Waals surface area contributed by atoms with E-state index in [4.69, 9.17) is 4.42 Å². The Morgan fingerprint density at radius 3 is 2.61 bits per heavy atom. The van der Waals surface area contributed by atoms with Crippen molar-refractivity contribution in [2.45, 2.75) is 0 Å². The van der Waals surface area contributed by atoms with Crippen molar-refractivity contribution in [3.63, 3.8) is 0 Å². The summed E-state index contributed by atoms with van der Waals surface area (Å²) in [6, 6.07) is 16.4. The van der Waals surface area contributed by atoms with Crippen molar-refractivity contribution in [3.05, 3.63) is 88.2 Å². The van der Waals surface area contributed by atoms with Gasteiger partial charge in [-0.2, -0.15) is 0 Å². The zero-order valence-electron chi connectivity index (χ0n) is 14.4. The second kappa shape index (κ2) is 7.28. The lowest BCUT2D eigenvalue weighted by molar-refractivity contribution is -0.402. The van der Waals surface area contributed by atoms with Crippen molar-refractivity contribution in [3.8, 4) is 0 Å². The highest BCUT2D eigenvalue weighted by Crippen LogP contribution is 2.25. The van der Waals surface area contributed by atoms with Crippen molar-refractivity contribution in [1.82, 2.24) is 9.97 Å². The first-order valence-electron chi connectivity index (χ1n) is 8.30. The number of aromatic nitrogens is 2. The number of halogens is 1. The highest BCUT2D eigenvalue weighted by Gasteiger charge is 2.11. The molecule has 8 heteroatoms. The standard InChI is InChI=1S/C20H13FN4O3/c21-13-6-9-17-16(12-13)20(22-14-4-2-1-3-5-14)24-18(23-17)10-7-15-8-11-19(28-15)25(26)27/h1-12H,(H,22,23,24). The van der Waals surface area contributed by atoms with Crippen LogP contribution in [0, 0.1) is 15.9 Å². The Balaban J connectivity index is 1.73. The van der Waals surface area contributed by atoms with Crippen molar-refractivity contribution >= 4 is 40.4 Å². The Kier molecular flexibility index (Phi) is 4.51. The Morgan fingerprint density at radius 2 is 1.86 bits per heavy atom. The van der Waals surface area contributed by atoms with Crippen LogP contribution in [0.3, 0.4) is 0 Å². The first-order chi connectivity index (χ1) is 13.6. The lowest BCUT2D eigenvalue weighted by atomic mass is 10.2. The van der Waals surface area contributed by atoms with Crippen LogP contribution in [-0.4, -0.2) is 14.9 Å². The summed E-state index contributed by atoms with van der Waals surface area (Å²) in [7, 11) is 0. The molecule has 0 aliphatic carbocycles. The normalized spacial score (nSPS) is 11.2. The zero-order chi connectivity index (χ0) is 19.5. The molecule has 1 N–H and O–H groups in total. The fraction of sp³-hybridized carbons (Fsp3) is 0. The molecular weight excluding hydrogens is 363 g/mol. The number of fused-ring (bicyclic) bond motifs is 1. The predicted octanol–water partition coefficient (Wildman–Crippen LogP) is 5.18. The molecule has 4 rings (SSSR count).